The maximum atomic E-state index is 12.3. The second kappa shape index (κ2) is 8.32. The first-order chi connectivity index (χ1) is 13.1. The molecule has 0 aliphatic heterocycles. The fourth-order valence-electron chi connectivity index (χ4n) is 2.83. The summed E-state index contributed by atoms with van der Waals surface area (Å²) in [6.07, 6.45) is 0. The molecular formula is C23H21NO3. The monoisotopic (exact) mass is 359 g/mol. The average Bonchev–Trinajstić information content (AvgIpc) is 2.69. The van der Waals surface area contributed by atoms with Crippen molar-refractivity contribution in [2.75, 3.05) is 11.9 Å². The predicted octanol–water partition coefficient (Wildman–Crippen LogP) is 4.77. The van der Waals surface area contributed by atoms with Gasteiger partial charge in [0.2, 0.25) is 0 Å². The maximum Gasteiger partial charge on any atom is 0.338 e. The zero-order valence-electron chi connectivity index (χ0n) is 15.4. The average molecular weight is 359 g/mol. The Labute approximate surface area is 158 Å². The molecule has 3 aromatic rings. The molecule has 0 atom stereocenters. The van der Waals surface area contributed by atoms with Crippen LogP contribution in [0.3, 0.4) is 0 Å². The molecule has 4 nitrogen and oxygen atoms in total. The van der Waals surface area contributed by atoms with Gasteiger partial charge in [0.05, 0.1) is 5.56 Å². The molecule has 0 aromatic heterocycles. The number of hydrogen-bond donors (Lipinski definition) is 1. The van der Waals surface area contributed by atoms with Gasteiger partial charge in [-0.25, -0.2) is 4.79 Å². The summed E-state index contributed by atoms with van der Waals surface area (Å²) in [5, 5.41) is 2.83. The van der Waals surface area contributed by atoms with E-state index in [0.29, 0.717) is 11.3 Å². The van der Waals surface area contributed by atoms with Crippen molar-refractivity contribution >= 4 is 17.6 Å². The highest BCUT2D eigenvalue weighted by Crippen LogP contribution is 2.27. The molecule has 0 radical (unpaired) electrons. The second-order valence-corrected chi connectivity index (χ2v) is 6.28. The molecule has 27 heavy (non-hydrogen) atoms. The Morgan fingerprint density at radius 3 is 2.33 bits per heavy atom. The quantitative estimate of drug-likeness (QED) is 0.668. The number of carbonyl (C=O) groups is 2. The highest BCUT2D eigenvalue weighted by molar-refractivity contribution is 5.98. The van der Waals surface area contributed by atoms with Crippen molar-refractivity contribution < 1.29 is 14.3 Å². The van der Waals surface area contributed by atoms with Crippen molar-refractivity contribution in [3.63, 3.8) is 0 Å². The van der Waals surface area contributed by atoms with Gasteiger partial charge < -0.3 is 10.1 Å². The summed E-state index contributed by atoms with van der Waals surface area (Å²) in [6, 6.07) is 22.7. The first-order valence-corrected chi connectivity index (χ1v) is 8.74. The normalized spacial score (nSPS) is 10.3. The number of amides is 1. The Morgan fingerprint density at radius 2 is 1.56 bits per heavy atom. The Balaban J connectivity index is 1.67. The number of anilines is 1. The molecule has 0 saturated carbocycles. The van der Waals surface area contributed by atoms with Gasteiger partial charge in [-0.15, -0.1) is 0 Å². The van der Waals surface area contributed by atoms with E-state index in [2.05, 4.69) is 5.32 Å². The molecule has 0 bridgehead atoms. The second-order valence-electron chi connectivity index (χ2n) is 6.28. The number of nitrogens with one attached hydrogen (secondary N) is 1. The zero-order chi connectivity index (χ0) is 19.2. The SMILES string of the molecule is Cc1cccc(C(=O)OCC(=O)Nc2ccccc2-c2ccccc2)c1C. The van der Waals surface area contributed by atoms with Gasteiger partial charge in [-0.05, 0) is 42.7 Å². The molecule has 1 amide bonds. The highest BCUT2D eigenvalue weighted by atomic mass is 16.5. The first-order valence-electron chi connectivity index (χ1n) is 8.74. The summed E-state index contributed by atoms with van der Waals surface area (Å²) in [5.74, 6) is -0.875. The summed E-state index contributed by atoms with van der Waals surface area (Å²) in [5.41, 5.74) is 4.93. The summed E-state index contributed by atoms with van der Waals surface area (Å²) in [4.78, 5) is 24.6. The van der Waals surface area contributed by atoms with E-state index >= 15 is 0 Å². The van der Waals surface area contributed by atoms with Crippen LogP contribution in [0.25, 0.3) is 11.1 Å². The van der Waals surface area contributed by atoms with Gasteiger partial charge in [-0.2, -0.15) is 0 Å². The number of carbonyl (C=O) groups excluding carboxylic acids is 2. The van der Waals surface area contributed by atoms with Crippen LogP contribution in [-0.4, -0.2) is 18.5 Å². The standard InChI is InChI=1S/C23H21NO3/c1-16-9-8-13-19(17(16)2)23(26)27-15-22(25)24-21-14-7-6-12-20(21)18-10-4-3-5-11-18/h3-14H,15H2,1-2H3,(H,24,25). The van der Waals surface area contributed by atoms with Gasteiger partial charge in [0.15, 0.2) is 6.61 Å². The summed E-state index contributed by atoms with van der Waals surface area (Å²) in [7, 11) is 0. The summed E-state index contributed by atoms with van der Waals surface area (Å²) >= 11 is 0. The van der Waals surface area contributed by atoms with Gasteiger partial charge in [-0.3, -0.25) is 4.79 Å². The van der Waals surface area contributed by atoms with Crippen molar-refractivity contribution in [2.24, 2.45) is 0 Å². The van der Waals surface area contributed by atoms with Crippen LogP contribution >= 0.6 is 0 Å². The van der Waals surface area contributed by atoms with Gasteiger partial charge in [0.1, 0.15) is 0 Å². The van der Waals surface area contributed by atoms with Crippen LogP contribution in [-0.2, 0) is 9.53 Å². The molecule has 0 spiro atoms. The number of aryl methyl sites for hydroxylation is 1. The Hall–Kier alpha value is -3.40. The van der Waals surface area contributed by atoms with E-state index in [0.717, 1.165) is 22.3 Å². The molecule has 136 valence electrons. The van der Waals surface area contributed by atoms with E-state index < -0.39 is 5.97 Å². The van der Waals surface area contributed by atoms with Crippen molar-refractivity contribution in [1.82, 2.24) is 0 Å². The lowest BCUT2D eigenvalue weighted by Gasteiger charge is -2.12. The van der Waals surface area contributed by atoms with E-state index in [1.165, 1.54) is 0 Å². The number of ether oxygens (including phenoxy) is 1. The molecule has 0 fully saturated rings. The topological polar surface area (TPSA) is 55.4 Å². The number of hydrogen-bond acceptors (Lipinski definition) is 3. The van der Waals surface area contributed by atoms with Gasteiger partial charge in [-0.1, -0.05) is 60.7 Å². The molecule has 3 rings (SSSR count). The molecule has 1 N–H and O–H groups in total. The molecule has 0 heterocycles. The van der Waals surface area contributed by atoms with Crippen LogP contribution in [0, 0.1) is 13.8 Å². The van der Waals surface area contributed by atoms with Crippen LogP contribution in [0.4, 0.5) is 5.69 Å². The van der Waals surface area contributed by atoms with E-state index in [1.807, 2.05) is 74.5 Å². The lowest BCUT2D eigenvalue weighted by molar-refractivity contribution is -0.119. The van der Waals surface area contributed by atoms with Gasteiger partial charge in [0, 0.05) is 11.3 Å². The third kappa shape index (κ3) is 4.42. The summed E-state index contributed by atoms with van der Waals surface area (Å²) in [6.45, 7) is 3.46. The molecule has 0 saturated heterocycles. The van der Waals surface area contributed by atoms with Crippen LogP contribution < -0.4 is 5.32 Å². The minimum absolute atomic E-state index is 0.338. The predicted molar refractivity (Wildman–Crippen MR) is 107 cm³/mol. The molecular weight excluding hydrogens is 338 g/mol. The van der Waals surface area contributed by atoms with E-state index in [-0.39, 0.29) is 12.5 Å². The number of rotatable bonds is 5. The van der Waals surface area contributed by atoms with Gasteiger partial charge in [0.25, 0.3) is 5.91 Å². The third-order valence-corrected chi connectivity index (χ3v) is 4.44. The van der Waals surface area contributed by atoms with Crippen LogP contribution in [0.1, 0.15) is 21.5 Å². The van der Waals surface area contributed by atoms with Crippen molar-refractivity contribution in [2.45, 2.75) is 13.8 Å². The molecule has 3 aromatic carbocycles. The Kier molecular flexibility index (Phi) is 5.67. The van der Waals surface area contributed by atoms with Crippen molar-refractivity contribution in [1.29, 1.82) is 0 Å². The minimum Gasteiger partial charge on any atom is -0.452 e. The zero-order valence-corrected chi connectivity index (χ0v) is 15.4. The largest absolute Gasteiger partial charge is 0.452 e. The van der Waals surface area contributed by atoms with E-state index in [4.69, 9.17) is 4.74 Å². The lowest BCUT2D eigenvalue weighted by Crippen LogP contribution is -2.21. The molecule has 4 heteroatoms. The van der Waals surface area contributed by atoms with Crippen molar-refractivity contribution in [3.05, 3.63) is 89.5 Å². The minimum atomic E-state index is -0.498. The number of esters is 1. The van der Waals surface area contributed by atoms with Crippen LogP contribution in [0.5, 0.6) is 0 Å². The number of para-hydroxylation sites is 1. The first kappa shape index (κ1) is 18.4. The highest BCUT2D eigenvalue weighted by Gasteiger charge is 2.14. The molecule has 0 unspecified atom stereocenters. The van der Waals surface area contributed by atoms with Crippen LogP contribution in [0.2, 0.25) is 0 Å². The molecule has 0 aliphatic rings. The van der Waals surface area contributed by atoms with Crippen LogP contribution in [0.15, 0.2) is 72.8 Å². The van der Waals surface area contributed by atoms with Crippen molar-refractivity contribution in [3.8, 4) is 11.1 Å². The Bertz CT molecular complexity index is 964. The third-order valence-electron chi connectivity index (χ3n) is 4.44. The fraction of sp³-hybridized carbons (Fsp3) is 0.130. The maximum absolute atomic E-state index is 12.3. The Morgan fingerprint density at radius 1 is 0.852 bits per heavy atom. The van der Waals surface area contributed by atoms with E-state index in [1.54, 1.807) is 12.1 Å². The van der Waals surface area contributed by atoms with Gasteiger partial charge >= 0.3 is 5.97 Å². The van der Waals surface area contributed by atoms with E-state index in [9.17, 15) is 9.59 Å². The summed E-state index contributed by atoms with van der Waals surface area (Å²) < 4.78 is 5.19. The fourth-order valence-corrected chi connectivity index (χ4v) is 2.83. The lowest BCUT2D eigenvalue weighted by atomic mass is 10.0. The molecule has 0 aliphatic carbocycles. The number of benzene rings is 3. The smallest absolute Gasteiger partial charge is 0.338 e.